The number of anilines is 1. The van der Waals surface area contributed by atoms with Gasteiger partial charge in [0.15, 0.2) is 0 Å². The fourth-order valence-corrected chi connectivity index (χ4v) is 4.36. The molecule has 0 atom stereocenters. The average molecular weight is 588 g/mol. The molecule has 10 nitrogen and oxygen atoms in total. The molecule has 1 aliphatic rings. The standard InChI is InChI=1S/C33H33NO9/c1-22-16-30(35)43-29-18-25(10-12-26(22)29)39-15-7-14-38-24-11-13-28(34-41-20-33(2,3)21-42-34)27(17-24)31(36)32(37)40-19-23-8-5-4-6-9-23/h4-6,8-13,16-18H,7,14-15,19-21H2,1-3H3. The van der Waals surface area contributed by atoms with Gasteiger partial charge in [0.05, 0.1) is 32.0 Å². The van der Waals surface area contributed by atoms with Crippen molar-refractivity contribution in [2.24, 2.45) is 5.41 Å². The molecule has 5 rings (SSSR count). The van der Waals surface area contributed by atoms with E-state index in [0.717, 1.165) is 21.7 Å². The van der Waals surface area contributed by atoms with Crippen molar-refractivity contribution in [1.82, 2.24) is 0 Å². The molecule has 0 radical (unpaired) electrons. The van der Waals surface area contributed by atoms with E-state index in [1.54, 1.807) is 30.3 Å². The van der Waals surface area contributed by atoms with Gasteiger partial charge in [0.1, 0.15) is 29.4 Å². The molecule has 0 unspecified atom stereocenters. The molecule has 0 amide bonds. The van der Waals surface area contributed by atoms with Gasteiger partial charge >= 0.3 is 11.6 Å². The van der Waals surface area contributed by atoms with Crippen LogP contribution in [-0.4, -0.2) is 38.2 Å². The number of aryl methyl sites for hydroxylation is 1. The van der Waals surface area contributed by atoms with E-state index in [1.807, 2.05) is 51.1 Å². The zero-order valence-corrected chi connectivity index (χ0v) is 24.3. The van der Waals surface area contributed by atoms with Crippen molar-refractivity contribution in [3.63, 3.8) is 0 Å². The van der Waals surface area contributed by atoms with Crippen molar-refractivity contribution in [2.45, 2.75) is 33.8 Å². The first-order chi connectivity index (χ1) is 20.7. The van der Waals surface area contributed by atoms with Crippen LogP contribution in [0.2, 0.25) is 0 Å². The number of Topliss-reactive ketones (excluding diaryl/α,β-unsaturated/α-hetero) is 1. The third kappa shape index (κ3) is 7.59. The summed E-state index contributed by atoms with van der Waals surface area (Å²) in [6.07, 6.45) is 0.521. The van der Waals surface area contributed by atoms with Crippen LogP contribution in [0.25, 0.3) is 11.0 Å². The number of hydrogen-bond donors (Lipinski definition) is 0. The molecule has 1 saturated heterocycles. The van der Waals surface area contributed by atoms with E-state index in [1.165, 1.54) is 12.1 Å². The summed E-state index contributed by atoms with van der Waals surface area (Å²) < 4.78 is 22.2. The van der Waals surface area contributed by atoms with E-state index in [-0.39, 0.29) is 29.9 Å². The largest absolute Gasteiger partial charge is 0.493 e. The minimum Gasteiger partial charge on any atom is -0.493 e. The molecule has 4 aromatic rings. The highest BCUT2D eigenvalue weighted by atomic mass is 17.0. The van der Waals surface area contributed by atoms with Crippen LogP contribution in [0.15, 0.2) is 82.0 Å². The Kier molecular flexibility index (Phi) is 9.08. The van der Waals surface area contributed by atoms with Crippen molar-refractivity contribution < 1.29 is 37.9 Å². The van der Waals surface area contributed by atoms with Crippen molar-refractivity contribution in [3.05, 3.63) is 99.9 Å². The van der Waals surface area contributed by atoms with Gasteiger partial charge < -0.3 is 18.6 Å². The monoisotopic (exact) mass is 587 g/mol. The number of hydrogen-bond acceptors (Lipinski definition) is 10. The second-order valence-corrected chi connectivity index (χ2v) is 11.0. The third-order valence-corrected chi connectivity index (χ3v) is 6.70. The van der Waals surface area contributed by atoms with E-state index in [9.17, 15) is 14.4 Å². The van der Waals surface area contributed by atoms with Gasteiger partial charge in [-0.25, -0.2) is 19.3 Å². The normalized spacial score (nSPS) is 14.3. The minimum absolute atomic E-state index is 0.0273. The van der Waals surface area contributed by atoms with Crippen LogP contribution in [0.1, 0.15) is 41.8 Å². The zero-order chi connectivity index (χ0) is 30.4. The van der Waals surface area contributed by atoms with E-state index in [0.29, 0.717) is 43.3 Å². The summed E-state index contributed by atoms with van der Waals surface area (Å²) in [7, 11) is 0. The van der Waals surface area contributed by atoms with Crippen molar-refractivity contribution in [2.75, 3.05) is 31.7 Å². The van der Waals surface area contributed by atoms with E-state index in [2.05, 4.69) is 0 Å². The second-order valence-electron chi connectivity index (χ2n) is 11.0. The Hall–Kier alpha value is -4.67. The topological polar surface area (TPSA) is 114 Å². The van der Waals surface area contributed by atoms with Gasteiger partial charge in [0, 0.05) is 29.4 Å². The number of ether oxygens (including phenoxy) is 3. The molecule has 1 fully saturated rings. The SMILES string of the molecule is Cc1cc(=O)oc2cc(OCCCOc3ccc(N4OCC(C)(C)CO4)c(C(=O)C(=O)OCc4ccccc4)c3)ccc12. The van der Waals surface area contributed by atoms with Crippen LogP contribution < -0.4 is 20.3 Å². The maximum atomic E-state index is 13.3. The quantitative estimate of drug-likeness (QED) is 0.0724. The maximum Gasteiger partial charge on any atom is 0.380 e. The minimum atomic E-state index is -1.01. The molecular weight excluding hydrogens is 554 g/mol. The van der Waals surface area contributed by atoms with Gasteiger partial charge in [-0.1, -0.05) is 44.2 Å². The lowest BCUT2D eigenvalue weighted by atomic mass is 9.96. The third-order valence-electron chi connectivity index (χ3n) is 6.70. The Morgan fingerprint density at radius 2 is 1.56 bits per heavy atom. The Labute approximate surface area is 248 Å². The summed E-state index contributed by atoms with van der Waals surface area (Å²) in [5, 5.41) is 2.00. The van der Waals surface area contributed by atoms with Crippen LogP contribution in [0.4, 0.5) is 5.69 Å². The molecule has 1 aliphatic heterocycles. The van der Waals surface area contributed by atoms with Gasteiger partial charge in [-0.2, -0.15) is 0 Å². The van der Waals surface area contributed by atoms with Gasteiger partial charge in [0.25, 0.3) is 5.78 Å². The first-order valence-electron chi connectivity index (χ1n) is 13.9. The molecule has 43 heavy (non-hydrogen) atoms. The molecule has 2 heterocycles. The summed E-state index contributed by atoms with van der Waals surface area (Å²) in [6.45, 7) is 7.14. The van der Waals surface area contributed by atoms with E-state index in [4.69, 9.17) is 28.3 Å². The number of esters is 1. The molecule has 0 bridgehead atoms. The lowest BCUT2D eigenvalue weighted by Gasteiger charge is -2.36. The van der Waals surface area contributed by atoms with Crippen LogP contribution in [0, 0.1) is 12.3 Å². The highest BCUT2D eigenvalue weighted by molar-refractivity contribution is 6.41. The number of benzene rings is 3. The number of nitrogens with zero attached hydrogens (tertiary/aromatic N) is 1. The van der Waals surface area contributed by atoms with Gasteiger partial charge in [0.2, 0.25) is 0 Å². The first kappa shape index (κ1) is 29.8. The summed E-state index contributed by atoms with van der Waals surface area (Å²) in [5.41, 5.74) is 1.73. The smallest absolute Gasteiger partial charge is 0.380 e. The molecule has 1 aromatic heterocycles. The molecule has 0 N–H and O–H groups in total. The first-order valence-corrected chi connectivity index (χ1v) is 13.9. The Morgan fingerprint density at radius 3 is 2.28 bits per heavy atom. The second kappa shape index (κ2) is 13.1. The van der Waals surface area contributed by atoms with Crippen molar-refractivity contribution >= 4 is 28.4 Å². The molecular formula is C33H33NO9. The summed E-state index contributed by atoms with van der Waals surface area (Å²) in [4.78, 5) is 49.2. The van der Waals surface area contributed by atoms with Crippen LogP contribution in [-0.2, 0) is 25.8 Å². The summed E-state index contributed by atoms with van der Waals surface area (Å²) in [6, 6.07) is 20.6. The predicted octanol–water partition coefficient (Wildman–Crippen LogP) is 5.58. The Balaban J connectivity index is 1.22. The highest BCUT2D eigenvalue weighted by Gasteiger charge is 2.32. The van der Waals surface area contributed by atoms with Crippen LogP contribution >= 0.6 is 0 Å². The van der Waals surface area contributed by atoms with Crippen molar-refractivity contribution in [3.8, 4) is 11.5 Å². The molecule has 0 spiro atoms. The fraction of sp³-hybridized carbons (Fsp3) is 0.303. The lowest BCUT2D eigenvalue weighted by Crippen LogP contribution is -2.42. The van der Waals surface area contributed by atoms with Crippen LogP contribution in [0.3, 0.4) is 0 Å². The Bertz CT molecular complexity index is 1650. The number of ketones is 1. The predicted molar refractivity (Wildman–Crippen MR) is 158 cm³/mol. The van der Waals surface area contributed by atoms with Gasteiger partial charge in [-0.15, -0.1) is 5.23 Å². The maximum absolute atomic E-state index is 13.3. The van der Waals surface area contributed by atoms with Gasteiger partial charge in [-0.3, -0.25) is 4.79 Å². The molecule has 0 aliphatic carbocycles. The molecule has 3 aromatic carbocycles. The van der Waals surface area contributed by atoms with E-state index < -0.39 is 17.4 Å². The summed E-state index contributed by atoms with van der Waals surface area (Å²) >= 11 is 0. The zero-order valence-electron chi connectivity index (χ0n) is 24.3. The fourth-order valence-electron chi connectivity index (χ4n) is 4.36. The Morgan fingerprint density at radius 1 is 0.884 bits per heavy atom. The summed E-state index contributed by atoms with van der Waals surface area (Å²) in [5.74, 6) is -0.912. The molecule has 10 heteroatoms. The number of carbonyl (C=O) groups is 2. The van der Waals surface area contributed by atoms with Gasteiger partial charge in [-0.05, 0) is 48.4 Å². The average Bonchev–Trinajstić information content (AvgIpc) is 2.99. The lowest BCUT2D eigenvalue weighted by molar-refractivity contribution is -0.180. The molecule has 224 valence electrons. The number of carbonyl (C=O) groups excluding carboxylic acids is 2. The van der Waals surface area contributed by atoms with Crippen LogP contribution in [0.5, 0.6) is 11.5 Å². The highest BCUT2D eigenvalue weighted by Crippen LogP contribution is 2.32. The van der Waals surface area contributed by atoms with E-state index >= 15 is 0 Å². The molecule has 0 saturated carbocycles. The number of rotatable bonds is 11. The van der Waals surface area contributed by atoms with Crippen molar-refractivity contribution in [1.29, 1.82) is 0 Å². The number of fused-ring (bicyclic) bond motifs is 1.